The number of likely N-dealkylation sites (tertiary alicyclic amines) is 1. The first-order valence-corrected chi connectivity index (χ1v) is 9.10. The molecule has 148 valence electrons. The van der Waals surface area contributed by atoms with Gasteiger partial charge in [0.1, 0.15) is 6.04 Å². The zero-order chi connectivity index (χ0) is 20.0. The van der Waals surface area contributed by atoms with E-state index in [1.54, 1.807) is 13.8 Å². The topological polar surface area (TPSA) is 113 Å². The Morgan fingerprint density at radius 3 is 2.59 bits per heavy atom. The third kappa shape index (κ3) is 4.57. The van der Waals surface area contributed by atoms with E-state index < -0.39 is 29.6 Å². The van der Waals surface area contributed by atoms with Gasteiger partial charge in [0.05, 0.1) is 6.61 Å². The van der Waals surface area contributed by atoms with Gasteiger partial charge in [0.2, 0.25) is 0 Å². The van der Waals surface area contributed by atoms with Crippen molar-refractivity contribution in [1.82, 2.24) is 9.91 Å². The van der Waals surface area contributed by atoms with Crippen molar-refractivity contribution in [1.29, 1.82) is 0 Å². The Labute approximate surface area is 158 Å². The minimum Gasteiger partial charge on any atom is -0.480 e. The SMILES string of the molecule is CCOC(=O)C(C)(CCc1ccccc1)N(N)C(=O)N1CCCC1C(=O)O. The van der Waals surface area contributed by atoms with E-state index in [2.05, 4.69) is 0 Å². The lowest BCUT2D eigenvalue weighted by atomic mass is 9.92. The van der Waals surface area contributed by atoms with Crippen LogP contribution in [0.1, 0.15) is 38.7 Å². The van der Waals surface area contributed by atoms with Gasteiger partial charge in [-0.1, -0.05) is 30.3 Å². The van der Waals surface area contributed by atoms with Crippen molar-refractivity contribution >= 4 is 18.0 Å². The fourth-order valence-corrected chi connectivity index (χ4v) is 3.24. The average molecular weight is 377 g/mol. The van der Waals surface area contributed by atoms with Crippen LogP contribution in [0.2, 0.25) is 0 Å². The second-order valence-corrected chi connectivity index (χ2v) is 6.82. The van der Waals surface area contributed by atoms with Gasteiger partial charge >= 0.3 is 18.0 Å². The first-order valence-electron chi connectivity index (χ1n) is 9.10. The summed E-state index contributed by atoms with van der Waals surface area (Å²) in [5, 5.41) is 10.2. The van der Waals surface area contributed by atoms with Gasteiger partial charge in [0.25, 0.3) is 0 Å². The third-order valence-corrected chi connectivity index (χ3v) is 4.98. The van der Waals surface area contributed by atoms with Gasteiger partial charge in [-0.25, -0.2) is 25.2 Å². The normalized spacial score (nSPS) is 18.6. The summed E-state index contributed by atoms with van der Waals surface area (Å²) in [4.78, 5) is 38.1. The molecule has 0 saturated carbocycles. The summed E-state index contributed by atoms with van der Waals surface area (Å²) < 4.78 is 5.16. The van der Waals surface area contributed by atoms with Crippen LogP contribution in [0, 0.1) is 0 Å². The van der Waals surface area contributed by atoms with Crippen LogP contribution < -0.4 is 5.84 Å². The number of nitrogens with two attached hydrogens (primary N) is 1. The molecule has 0 aliphatic carbocycles. The number of esters is 1. The number of nitrogens with zero attached hydrogens (tertiary/aromatic N) is 2. The van der Waals surface area contributed by atoms with Crippen molar-refractivity contribution in [3.05, 3.63) is 35.9 Å². The second kappa shape index (κ2) is 8.85. The number of carboxylic acid groups (broad SMARTS) is 1. The molecule has 0 bridgehead atoms. The molecule has 1 aromatic carbocycles. The maximum absolute atomic E-state index is 12.9. The van der Waals surface area contributed by atoms with E-state index in [-0.39, 0.29) is 13.0 Å². The number of hydrogen-bond donors (Lipinski definition) is 2. The zero-order valence-corrected chi connectivity index (χ0v) is 15.8. The first-order chi connectivity index (χ1) is 12.8. The number of carbonyl (C=O) groups excluding carboxylic acids is 2. The Balaban J connectivity index is 2.22. The third-order valence-electron chi connectivity index (χ3n) is 4.98. The fourth-order valence-electron chi connectivity index (χ4n) is 3.24. The molecule has 8 nitrogen and oxygen atoms in total. The number of hydrazine groups is 1. The molecule has 2 rings (SSSR count). The fraction of sp³-hybridized carbons (Fsp3) is 0.526. The van der Waals surface area contributed by atoms with Crippen LogP contribution in [-0.2, 0) is 20.7 Å². The van der Waals surface area contributed by atoms with Crippen molar-refractivity contribution < 1.29 is 24.2 Å². The lowest BCUT2D eigenvalue weighted by molar-refractivity contribution is -0.156. The van der Waals surface area contributed by atoms with Crippen LogP contribution in [0.4, 0.5) is 4.79 Å². The number of benzene rings is 1. The highest BCUT2D eigenvalue weighted by Crippen LogP contribution is 2.26. The number of urea groups is 1. The van der Waals surface area contributed by atoms with Gasteiger partial charge < -0.3 is 14.7 Å². The van der Waals surface area contributed by atoms with Gasteiger partial charge in [0.15, 0.2) is 5.54 Å². The van der Waals surface area contributed by atoms with Crippen LogP contribution in [0.3, 0.4) is 0 Å². The summed E-state index contributed by atoms with van der Waals surface area (Å²) in [5.74, 6) is 4.40. The Kier molecular flexibility index (Phi) is 6.79. The molecule has 2 atom stereocenters. The van der Waals surface area contributed by atoms with Crippen LogP contribution in [0.25, 0.3) is 0 Å². The first kappa shape index (κ1) is 20.7. The highest BCUT2D eigenvalue weighted by Gasteiger charge is 2.46. The Hall–Kier alpha value is -2.61. The lowest BCUT2D eigenvalue weighted by Gasteiger charge is -2.38. The Morgan fingerprint density at radius 2 is 2.00 bits per heavy atom. The maximum atomic E-state index is 12.9. The van der Waals surface area contributed by atoms with E-state index in [0.717, 1.165) is 10.6 Å². The molecule has 27 heavy (non-hydrogen) atoms. The molecule has 0 aromatic heterocycles. The van der Waals surface area contributed by atoms with Crippen molar-refractivity contribution in [3.63, 3.8) is 0 Å². The Morgan fingerprint density at radius 1 is 1.33 bits per heavy atom. The highest BCUT2D eigenvalue weighted by atomic mass is 16.5. The molecule has 1 aliphatic heterocycles. The van der Waals surface area contributed by atoms with Gasteiger partial charge in [-0.3, -0.25) is 0 Å². The van der Waals surface area contributed by atoms with Crippen molar-refractivity contribution in [2.75, 3.05) is 13.2 Å². The molecule has 2 unspecified atom stereocenters. The second-order valence-electron chi connectivity index (χ2n) is 6.82. The van der Waals surface area contributed by atoms with E-state index in [9.17, 15) is 19.5 Å². The molecule has 1 fully saturated rings. The molecular weight excluding hydrogens is 350 g/mol. The molecule has 8 heteroatoms. The van der Waals surface area contributed by atoms with Crippen LogP contribution in [-0.4, -0.2) is 57.7 Å². The van der Waals surface area contributed by atoms with Gasteiger partial charge in [-0.2, -0.15) is 0 Å². The Bertz CT molecular complexity index is 681. The molecule has 0 spiro atoms. The number of aliphatic carboxylic acids is 1. The molecule has 3 N–H and O–H groups in total. The quantitative estimate of drug-likeness (QED) is 0.324. The van der Waals surface area contributed by atoms with Crippen LogP contribution in [0.15, 0.2) is 30.3 Å². The van der Waals surface area contributed by atoms with Gasteiger partial charge in [-0.15, -0.1) is 0 Å². The summed E-state index contributed by atoms with van der Waals surface area (Å²) in [6, 6.07) is 7.93. The monoisotopic (exact) mass is 377 g/mol. The zero-order valence-electron chi connectivity index (χ0n) is 15.8. The summed E-state index contributed by atoms with van der Waals surface area (Å²) in [6.45, 7) is 3.68. The van der Waals surface area contributed by atoms with E-state index >= 15 is 0 Å². The number of amides is 2. The molecule has 1 heterocycles. The van der Waals surface area contributed by atoms with Crippen LogP contribution in [0.5, 0.6) is 0 Å². The van der Waals surface area contributed by atoms with Gasteiger partial charge in [-0.05, 0) is 45.1 Å². The molecule has 1 aliphatic rings. The van der Waals surface area contributed by atoms with Gasteiger partial charge in [0, 0.05) is 6.54 Å². The summed E-state index contributed by atoms with van der Waals surface area (Å²) in [7, 11) is 0. The summed E-state index contributed by atoms with van der Waals surface area (Å²) >= 11 is 0. The predicted octanol–water partition coefficient (Wildman–Crippen LogP) is 1.79. The van der Waals surface area contributed by atoms with Crippen molar-refractivity contribution in [3.8, 4) is 0 Å². The van der Waals surface area contributed by atoms with E-state index in [0.29, 0.717) is 25.8 Å². The lowest BCUT2D eigenvalue weighted by Crippen LogP contribution is -2.63. The highest BCUT2D eigenvalue weighted by molar-refractivity contribution is 5.89. The maximum Gasteiger partial charge on any atom is 0.335 e. The van der Waals surface area contributed by atoms with Crippen molar-refractivity contribution in [2.45, 2.75) is 51.1 Å². The largest absolute Gasteiger partial charge is 0.480 e. The molecular formula is C19H27N3O5. The van der Waals surface area contributed by atoms with Crippen LogP contribution >= 0.6 is 0 Å². The number of hydrogen-bond acceptors (Lipinski definition) is 5. The standard InChI is InChI=1S/C19H27N3O5/c1-3-27-17(25)19(2,12-11-14-8-5-4-6-9-14)22(20)18(26)21-13-7-10-15(21)16(23)24/h4-6,8-9,15H,3,7,10-13,20H2,1-2H3,(H,23,24). The smallest absolute Gasteiger partial charge is 0.335 e. The molecule has 2 amide bonds. The number of carboxylic acids is 1. The summed E-state index contributed by atoms with van der Waals surface area (Å²) in [5.41, 5.74) is -0.410. The van der Waals surface area contributed by atoms with E-state index in [4.69, 9.17) is 10.6 Å². The molecule has 1 saturated heterocycles. The van der Waals surface area contributed by atoms with Crippen molar-refractivity contribution in [2.24, 2.45) is 5.84 Å². The average Bonchev–Trinajstić information content (AvgIpc) is 3.16. The minimum absolute atomic E-state index is 0.156. The number of aryl methyl sites for hydroxylation is 1. The minimum atomic E-state index is -1.41. The number of ether oxygens (including phenoxy) is 1. The predicted molar refractivity (Wildman–Crippen MR) is 98.6 cm³/mol. The van der Waals surface area contributed by atoms with E-state index in [1.165, 1.54) is 4.90 Å². The number of rotatable bonds is 7. The summed E-state index contributed by atoms with van der Waals surface area (Å²) in [6.07, 6.45) is 1.72. The molecule has 1 aromatic rings. The van der Waals surface area contributed by atoms with E-state index in [1.807, 2.05) is 30.3 Å². The number of carbonyl (C=O) groups is 3. The molecule has 0 radical (unpaired) electrons.